The van der Waals surface area contributed by atoms with Crippen LogP contribution in [-0.2, 0) is 6.54 Å². The maximum absolute atomic E-state index is 13.7. The Balaban J connectivity index is 1.42. The lowest BCUT2D eigenvalue weighted by Gasteiger charge is -2.36. The fourth-order valence-corrected chi connectivity index (χ4v) is 6.75. The van der Waals surface area contributed by atoms with E-state index in [-0.39, 0.29) is 24.1 Å². The third-order valence-electron chi connectivity index (χ3n) is 9.66. The molecule has 1 unspecified atom stereocenters. The summed E-state index contributed by atoms with van der Waals surface area (Å²) in [6, 6.07) is 11.1. The number of H-pyrrole nitrogens is 1. The molecule has 5 rings (SSSR count). The van der Waals surface area contributed by atoms with Crippen LogP contribution in [-0.4, -0.2) is 73.1 Å². The molecule has 9 heteroatoms. The molecule has 2 fully saturated rings. The van der Waals surface area contributed by atoms with Crippen LogP contribution >= 0.6 is 0 Å². The molecule has 1 aliphatic heterocycles. The number of anilines is 2. The second kappa shape index (κ2) is 13.9. The minimum absolute atomic E-state index is 0.163. The summed E-state index contributed by atoms with van der Waals surface area (Å²) < 4.78 is 0. The Morgan fingerprint density at radius 1 is 1.05 bits per heavy atom. The highest BCUT2D eigenvalue weighted by molar-refractivity contribution is 5.98. The van der Waals surface area contributed by atoms with E-state index in [0.29, 0.717) is 23.1 Å². The monoisotopic (exact) mass is 599 g/mol. The quantitative estimate of drug-likeness (QED) is 0.285. The number of benzene rings is 1. The van der Waals surface area contributed by atoms with Gasteiger partial charge in [-0.3, -0.25) is 9.59 Å². The number of hydrogen-bond donors (Lipinski definition) is 4. The molecule has 9 nitrogen and oxygen atoms in total. The lowest BCUT2D eigenvalue weighted by atomic mass is 9.81. The molecule has 3 heterocycles. The van der Waals surface area contributed by atoms with Crippen LogP contribution in [0.4, 0.5) is 11.5 Å². The number of aromatic amines is 1. The first-order valence-corrected chi connectivity index (χ1v) is 16.1. The number of nitrogens with one attached hydrogen (secondary N) is 4. The molecule has 0 spiro atoms. The van der Waals surface area contributed by atoms with Crippen LogP contribution in [0.3, 0.4) is 0 Å². The number of nitrogens with zero attached hydrogens (tertiary/aromatic N) is 3. The summed E-state index contributed by atoms with van der Waals surface area (Å²) in [6.07, 6.45) is 6.70. The molecular formula is C35H49N7O2. The highest BCUT2D eigenvalue weighted by atomic mass is 16.1. The van der Waals surface area contributed by atoms with E-state index in [2.05, 4.69) is 70.0 Å². The van der Waals surface area contributed by atoms with Gasteiger partial charge in [-0.2, -0.15) is 0 Å². The third-order valence-corrected chi connectivity index (χ3v) is 9.66. The zero-order valence-corrected chi connectivity index (χ0v) is 27.2. The molecule has 0 radical (unpaired) electrons. The molecule has 4 N–H and O–H groups in total. The first kappa shape index (κ1) is 31.7. The second-order valence-corrected chi connectivity index (χ2v) is 12.9. The Hall–Kier alpha value is -3.69. The van der Waals surface area contributed by atoms with E-state index in [4.69, 9.17) is 4.98 Å². The average molecular weight is 600 g/mol. The second-order valence-electron chi connectivity index (χ2n) is 12.9. The van der Waals surface area contributed by atoms with Crippen molar-refractivity contribution in [3.8, 4) is 11.1 Å². The smallest absolute Gasteiger partial charge is 0.253 e. The van der Waals surface area contributed by atoms with E-state index in [0.717, 1.165) is 65.6 Å². The van der Waals surface area contributed by atoms with Gasteiger partial charge in [0.05, 0.1) is 0 Å². The van der Waals surface area contributed by atoms with Gasteiger partial charge in [0.2, 0.25) is 0 Å². The van der Waals surface area contributed by atoms with Gasteiger partial charge in [-0.1, -0.05) is 0 Å². The van der Waals surface area contributed by atoms with Gasteiger partial charge >= 0.3 is 0 Å². The summed E-state index contributed by atoms with van der Waals surface area (Å²) in [4.78, 5) is 38.6. The van der Waals surface area contributed by atoms with Crippen molar-refractivity contribution in [3.05, 3.63) is 74.8 Å². The largest absolute Gasteiger partial charge is 0.382 e. The van der Waals surface area contributed by atoms with Gasteiger partial charge in [-0.15, -0.1) is 0 Å². The van der Waals surface area contributed by atoms with Crippen molar-refractivity contribution in [1.82, 2.24) is 25.5 Å². The van der Waals surface area contributed by atoms with E-state index >= 15 is 0 Å². The van der Waals surface area contributed by atoms with Crippen LogP contribution in [0.2, 0.25) is 0 Å². The van der Waals surface area contributed by atoms with Crippen LogP contribution in [0.5, 0.6) is 0 Å². The number of carbonyl (C=O) groups excluding carboxylic acids is 1. The van der Waals surface area contributed by atoms with Gasteiger partial charge < -0.3 is 30.7 Å². The zero-order chi connectivity index (χ0) is 31.4. The Morgan fingerprint density at radius 3 is 2.41 bits per heavy atom. The average Bonchev–Trinajstić information content (AvgIpc) is 3.02. The van der Waals surface area contributed by atoms with Crippen LogP contribution in [0.25, 0.3) is 11.1 Å². The third kappa shape index (κ3) is 7.33. The highest BCUT2D eigenvalue weighted by Gasteiger charge is 2.27. The van der Waals surface area contributed by atoms with Crippen molar-refractivity contribution in [3.63, 3.8) is 0 Å². The molecule has 0 bridgehead atoms. The Labute approximate surface area is 261 Å². The number of amides is 1. The molecule has 1 aromatic carbocycles. The summed E-state index contributed by atoms with van der Waals surface area (Å²) in [6.45, 7) is 12.0. The maximum Gasteiger partial charge on any atom is 0.253 e. The Bertz CT molecular complexity index is 1500. The minimum Gasteiger partial charge on any atom is -0.382 e. The highest BCUT2D eigenvalue weighted by Crippen LogP contribution is 2.34. The predicted molar refractivity (Wildman–Crippen MR) is 180 cm³/mol. The number of aromatic nitrogens is 2. The molecule has 2 aliphatic rings. The van der Waals surface area contributed by atoms with E-state index in [1.165, 1.54) is 25.7 Å². The van der Waals surface area contributed by atoms with Crippen molar-refractivity contribution in [2.24, 2.45) is 5.92 Å². The molecule has 236 valence electrons. The van der Waals surface area contributed by atoms with Crippen LogP contribution in [0, 0.1) is 26.7 Å². The molecule has 1 aliphatic carbocycles. The standard InChI is InChI=1S/C35H49N7O2/c1-22-17-23(2)39-35(44)31(22)21-38-34(43)30-18-28(27-9-12-33(37-20-27)42-15-13-36-14-16-42)19-32(24(30)3)40-25(4)26-7-10-29(11-8-26)41(5)6/h9,12,17-20,25-26,29,36,40H,7-8,10-11,13-16,21H2,1-6H3,(H,38,43)(H,39,44). The first-order chi connectivity index (χ1) is 21.1. The van der Waals surface area contributed by atoms with E-state index in [1.807, 2.05) is 39.1 Å². The fourth-order valence-electron chi connectivity index (χ4n) is 6.75. The molecule has 1 saturated heterocycles. The summed E-state index contributed by atoms with van der Waals surface area (Å²) in [5, 5.41) is 10.2. The molecule has 44 heavy (non-hydrogen) atoms. The van der Waals surface area contributed by atoms with Crippen molar-refractivity contribution in [2.45, 2.75) is 72.0 Å². The lowest BCUT2D eigenvalue weighted by molar-refractivity contribution is 0.0950. The lowest BCUT2D eigenvalue weighted by Crippen LogP contribution is -2.43. The van der Waals surface area contributed by atoms with Gasteiger partial charge in [0, 0.05) is 79.1 Å². The van der Waals surface area contributed by atoms with Crippen molar-refractivity contribution in [2.75, 3.05) is 50.5 Å². The van der Waals surface area contributed by atoms with Crippen molar-refractivity contribution >= 4 is 17.4 Å². The number of hydrogen-bond acceptors (Lipinski definition) is 7. The molecule has 1 atom stereocenters. The molecule has 1 amide bonds. The molecule has 3 aromatic rings. The van der Waals surface area contributed by atoms with Crippen molar-refractivity contribution < 1.29 is 4.79 Å². The number of piperazine rings is 1. The van der Waals surface area contributed by atoms with E-state index in [9.17, 15) is 9.59 Å². The van der Waals surface area contributed by atoms with Crippen LogP contribution in [0.1, 0.15) is 65.3 Å². The van der Waals surface area contributed by atoms with E-state index in [1.54, 1.807) is 0 Å². The SMILES string of the molecule is Cc1cc(C)c(CNC(=O)c2cc(-c3ccc(N4CCNCC4)nc3)cc(NC(C)C3CCC(N(C)C)CC3)c2C)c(=O)[nH]1. The van der Waals surface area contributed by atoms with Gasteiger partial charge in [-0.25, -0.2) is 4.98 Å². The Kier molecular flexibility index (Phi) is 10.1. The zero-order valence-electron chi connectivity index (χ0n) is 27.2. The topological polar surface area (TPSA) is 105 Å². The molecule has 2 aromatic heterocycles. The van der Waals surface area contributed by atoms with Gasteiger partial charge in [-0.05, 0) is 120 Å². The van der Waals surface area contributed by atoms with Gasteiger partial charge in [0.15, 0.2) is 0 Å². The number of carbonyl (C=O) groups is 1. The first-order valence-electron chi connectivity index (χ1n) is 16.1. The Morgan fingerprint density at radius 2 is 1.77 bits per heavy atom. The maximum atomic E-state index is 13.7. The number of rotatable bonds is 9. The summed E-state index contributed by atoms with van der Waals surface area (Å²) in [5.74, 6) is 1.35. The van der Waals surface area contributed by atoms with Crippen molar-refractivity contribution in [1.29, 1.82) is 0 Å². The van der Waals surface area contributed by atoms with E-state index < -0.39 is 0 Å². The van der Waals surface area contributed by atoms with Crippen LogP contribution < -0.4 is 26.4 Å². The number of aryl methyl sites for hydroxylation is 2. The fraction of sp³-hybridized carbons (Fsp3) is 0.514. The molecule has 1 saturated carbocycles. The normalized spacial score (nSPS) is 19.6. The van der Waals surface area contributed by atoms with Gasteiger partial charge in [0.25, 0.3) is 11.5 Å². The minimum atomic E-state index is -0.198. The predicted octanol–water partition coefficient (Wildman–Crippen LogP) is 4.62. The summed E-state index contributed by atoms with van der Waals surface area (Å²) in [5.41, 5.74) is 6.46. The number of pyridine rings is 2. The molecular weight excluding hydrogens is 550 g/mol. The summed E-state index contributed by atoms with van der Waals surface area (Å²) >= 11 is 0. The van der Waals surface area contributed by atoms with Crippen LogP contribution in [0.15, 0.2) is 41.3 Å². The van der Waals surface area contributed by atoms with Gasteiger partial charge in [0.1, 0.15) is 5.82 Å². The summed E-state index contributed by atoms with van der Waals surface area (Å²) in [7, 11) is 4.35.